The van der Waals surface area contributed by atoms with Crippen LogP contribution >= 0.6 is 11.6 Å². The lowest BCUT2D eigenvalue weighted by molar-refractivity contribution is 0.421. The molecular weight excluding hydrogens is 144 g/mol. The van der Waals surface area contributed by atoms with Gasteiger partial charge in [-0.3, -0.25) is 0 Å². The van der Waals surface area contributed by atoms with Crippen molar-refractivity contribution in [2.75, 3.05) is 0 Å². The van der Waals surface area contributed by atoms with Gasteiger partial charge < -0.3 is 0 Å². The molecule has 0 saturated carbocycles. The molecule has 0 aromatic heterocycles. The normalized spacial score (nSPS) is 16.9. The first-order valence-electron chi connectivity index (χ1n) is 3.91. The van der Waals surface area contributed by atoms with E-state index in [9.17, 15) is 0 Å². The van der Waals surface area contributed by atoms with Crippen LogP contribution in [0.3, 0.4) is 0 Å². The Hall–Kier alpha value is 0.0300. The summed E-state index contributed by atoms with van der Waals surface area (Å²) in [5, 5.41) is 0. The Morgan fingerprint density at radius 1 is 1.50 bits per heavy atom. The van der Waals surface area contributed by atoms with Gasteiger partial charge in [-0.15, -0.1) is 18.2 Å². The Morgan fingerprint density at radius 2 is 1.90 bits per heavy atom. The van der Waals surface area contributed by atoms with E-state index in [0.29, 0.717) is 5.92 Å². The summed E-state index contributed by atoms with van der Waals surface area (Å²) in [5.74, 6) is 0.562. The van der Waals surface area contributed by atoms with Gasteiger partial charge in [-0.05, 0) is 12.8 Å². The van der Waals surface area contributed by atoms with Gasteiger partial charge in [-0.25, -0.2) is 0 Å². The molecular formula is C9H17Cl. The van der Waals surface area contributed by atoms with Gasteiger partial charge in [-0.1, -0.05) is 32.8 Å². The fourth-order valence-electron chi connectivity index (χ4n) is 1.25. The monoisotopic (exact) mass is 160 g/mol. The second kappa shape index (κ2) is 4.02. The summed E-state index contributed by atoms with van der Waals surface area (Å²) in [4.78, 5) is -0.205. The minimum absolute atomic E-state index is 0.205. The predicted octanol–water partition coefficient (Wildman–Crippen LogP) is 3.61. The molecule has 60 valence electrons. The molecule has 0 amide bonds. The first-order valence-corrected chi connectivity index (χ1v) is 4.28. The largest absolute Gasteiger partial charge is 0.115 e. The van der Waals surface area contributed by atoms with Crippen LogP contribution in [0.5, 0.6) is 0 Å². The zero-order valence-electron chi connectivity index (χ0n) is 7.15. The highest BCUT2D eigenvalue weighted by Crippen LogP contribution is 2.30. The average Bonchev–Trinajstić information content (AvgIpc) is 1.90. The third-order valence-corrected chi connectivity index (χ3v) is 2.65. The van der Waals surface area contributed by atoms with Crippen LogP contribution in [0.4, 0.5) is 0 Å². The summed E-state index contributed by atoms with van der Waals surface area (Å²) in [7, 11) is 0. The van der Waals surface area contributed by atoms with Crippen LogP contribution in [0.15, 0.2) is 12.7 Å². The summed E-state index contributed by atoms with van der Waals surface area (Å²) < 4.78 is 0. The number of allylic oxidation sites excluding steroid dienone is 1. The maximum atomic E-state index is 6.17. The summed E-state index contributed by atoms with van der Waals surface area (Å²) in [6.45, 7) is 10.1. The standard InChI is InChI=1S/C9H17Cl/c1-5-8(6-2)9(4,10)7-3/h7-8H,3,5-6H2,1-2,4H3. The Bertz CT molecular complexity index is 101. The Morgan fingerprint density at radius 3 is 2.00 bits per heavy atom. The molecule has 1 heteroatoms. The van der Waals surface area contributed by atoms with Gasteiger partial charge >= 0.3 is 0 Å². The van der Waals surface area contributed by atoms with Gasteiger partial charge in [-0.2, -0.15) is 0 Å². The van der Waals surface area contributed by atoms with E-state index >= 15 is 0 Å². The Balaban J connectivity index is 4.10. The molecule has 0 aliphatic heterocycles. The predicted molar refractivity (Wildman–Crippen MR) is 48.5 cm³/mol. The van der Waals surface area contributed by atoms with E-state index in [1.54, 1.807) is 0 Å². The van der Waals surface area contributed by atoms with E-state index in [2.05, 4.69) is 20.4 Å². The Kier molecular flexibility index (Phi) is 4.04. The van der Waals surface area contributed by atoms with Gasteiger partial charge in [0.15, 0.2) is 0 Å². The molecule has 0 N–H and O–H groups in total. The van der Waals surface area contributed by atoms with Gasteiger partial charge in [0.25, 0.3) is 0 Å². The van der Waals surface area contributed by atoms with Crippen LogP contribution in [0.2, 0.25) is 0 Å². The molecule has 1 atom stereocenters. The fourth-order valence-corrected chi connectivity index (χ4v) is 1.56. The van der Waals surface area contributed by atoms with Crippen molar-refractivity contribution >= 4 is 11.6 Å². The van der Waals surface area contributed by atoms with Crippen LogP contribution in [0, 0.1) is 5.92 Å². The molecule has 0 nitrogen and oxygen atoms in total. The molecule has 0 aromatic rings. The molecule has 0 aliphatic carbocycles. The van der Waals surface area contributed by atoms with Crippen LogP contribution in [-0.4, -0.2) is 4.87 Å². The minimum atomic E-state index is -0.205. The third kappa shape index (κ3) is 2.34. The van der Waals surface area contributed by atoms with Crippen molar-refractivity contribution in [1.82, 2.24) is 0 Å². The number of rotatable bonds is 4. The lowest BCUT2D eigenvalue weighted by Crippen LogP contribution is -2.24. The first kappa shape index (κ1) is 10.0. The summed E-state index contributed by atoms with van der Waals surface area (Å²) >= 11 is 6.17. The molecule has 0 heterocycles. The van der Waals surface area contributed by atoms with Crippen LogP contribution in [0.1, 0.15) is 33.6 Å². The molecule has 0 bridgehead atoms. The molecule has 10 heavy (non-hydrogen) atoms. The van der Waals surface area contributed by atoms with E-state index < -0.39 is 0 Å². The second-order valence-corrected chi connectivity index (χ2v) is 3.68. The highest BCUT2D eigenvalue weighted by Gasteiger charge is 2.25. The molecule has 1 unspecified atom stereocenters. The zero-order valence-corrected chi connectivity index (χ0v) is 7.91. The maximum Gasteiger partial charge on any atom is 0.0623 e. The zero-order chi connectivity index (χ0) is 8.20. The minimum Gasteiger partial charge on any atom is -0.115 e. The lowest BCUT2D eigenvalue weighted by Gasteiger charge is -2.26. The topological polar surface area (TPSA) is 0 Å². The van der Waals surface area contributed by atoms with E-state index in [4.69, 9.17) is 11.6 Å². The number of hydrogen-bond acceptors (Lipinski definition) is 0. The molecule has 0 fully saturated rings. The number of halogens is 1. The summed E-state index contributed by atoms with van der Waals surface area (Å²) in [5.41, 5.74) is 0. The molecule has 0 rings (SSSR count). The molecule has 0 radical (unpaired) electrons. The van der Waals surface area contributed by atoms with Gasteiger partial charge in [0, 0.05) is 0 Å². The third-order valence-electron chi connectivity index (χ3n) is 2.18. The Labute approximate surface area is 69.3 Å². The van der Waals surface area contributed by atoms with Crippen LogP contribution in [0.25, 0.3) is 0 Å². The average molecular weight is 161 g/mol. The summed E-state index contributed by atoms with van der Waals surface area (Å²) in [6.07, 6.45) is 4.09. The molecule has 0 saturated heterocycles. The fraction of sp³-hybridized carbons (Fsp3) is 0.778. The maximum absolute atomic E-state index is 6.17. The molecule has 0 spiro atoms. The van der Waals surface area contributed by atoms with Gasteiger partial charge in [0.1, 0.15) is 0 Å². The quantitative estimate of drug-likeness (QED) is 0.436. The second-order valence-electron chi connectivity index (χ2n) is 2.87. The van der Waals surface area contributed by atoms with Gasteiger partial charge in [0.05, 0.1) is 4.87 Å². The van der Waals surface area contributed by atoms with Crippen molar-refractivity contribution in [3.8, 4) is 0 Å². The van der Waals surface area contributed by atoms with E-state index in [0.717, 1.165) is 12.8 Å². The van der Waals surface area contributed by atoms with Gasteiger partial charge in [0.2, 0.25) is 0 Å². The van der Waals surface area contributed by atoms with E-state index in [1.807, 2.05) is 13.0 Å². The highest BCUT2D eigenvalue weighted by atomic mass is 35.5. The summed E-state index contributed by atoms with van der Waals surface area (Å²) in [6, 6.07) is 0. The van der Waals surface area contributed by atoms with Crippen LogP contribution in [-0.2, 0) is 0 Å². The van der Waals surface area contributed by atoms with Crippen molar-refractivity contribution in [3.05, 3.63) is 12.7 Å². The SMILES string of the molecule is C=CC(C)(Cl)C(CC)CC. The smallest absolute Gasteiger partial charge is 0.0623 e. The van der Waals surface area contributed by atoms with E-state index in [1.165, 1.54) is 0 Å². The van der Waals surface area contributed by atoms with E-state index in [-0.39, 0.29) is 4.87 Å². The highest BCUT2D eigenvalue weighted by molar-refractivity contribution is 6.25. The molecule has 0 aromatic carbocycles. The van der Waals surface area contributed by atoms with Crippen LogP contribution < -0.4 is 0 Å². The first-order chi connectivity index (χ1) is 4.58. The molecule has 0 aliphatic rings. The van der Waals surface area contributed by atoms with Crippen molar-refractivity contribution in [2.24, 2.45) is 5.92 Å². The lowest BCUT2D eigenvalue weighted by atomic mass is 9.89. The van der Waals surface area contributed by atoms with Crippen molar-refractivity contribution < 1.29 is 0 Å². The van der Waals surface area contributed by atoms with Crippen molar-refractivity contribution in [2.45, 2.75) is 38.5 Å². The number of alkyl halides is 1. The van der Waals surface area contributed by atoms with Crippen molar-refractivity contribution in [3.63, 3.8) is 0 Å². The van der Waals surface area contributed by atoms with Crippen molar-refractivity contribution in [1.29, 1.82) is 0 Å². The number of hydrogen-bond donors (Lipinski definition) is 0.